The number of nitrogens with one attached hydrogen (secondary N) is 3. The molecule has 2 aromatic heterocycles. The third-order valence-corrected chi connectivity index (χ3v) is 6.62. The van der Waals surface area contributed by atoms with Gasteiger partial charge in [-0.1, -0.05) is 42.5 Å². The maximum Gasteiger partial charge on any atom is 0.228 e. The molecular weight excluding hydrogens is 507 g/mol. The van der Waals surface area contributed by atoms with Crippen molar-refractivity contribution in [2.24, 2.45) is 0 Å². The highest BCUT2D eigenvalue weighted by Crippen LogP contribution is 2.35. The maximum atomic E-state index is 15.8. The Balaban J connectivity index is 1.44. The summed E-state index contributed by atoms with van der Waals surface area (Å²) in [5.74, 6) is -0.154. The van der Waals surface area contributed by atoms with E-state index >= 15 is 4.39 Å². The van der Waals surface area contributed by atoms with Gasteiger partial charge < -0.3 is 19.9 Å². The van der Waals surface area contributed by atoms with Gasteiger partial charge in [0.15, 0.2) is 11.6 Å². The zero-order valence-electron chi connectivity index (χ0n) is 20.3. The normalized spacial score (nSPS) is 16.9. The summed E-state index contributed by atoms with van der Waals surface area (Å²) in [7, 11) is 0. The van der Waals surface area contributed by atoms with E-state index in [1.807, 2.05) is 0 Å². The van der Waals surface area contributed by atoms with E-state index in [-0.39, 0.29) is 23.2 Å². The van der Waals surface area contributed by atoms with Gasteiger partial charge in [0.05, 0.1) is 17.3 Å². The average molecular weight is 534 g/mol. The van der Waals surface area contributed by atoms with Gasteiger partial charge >= 0.3 is 0 Å². The van der Waals surface area contributed by atoms with Crippen LogP contribution in [0.15, 0.2) is 79.1 Å². The smallest absolute Gasteiger partial charge is 0.228 e. The van der Waals surface area contributed by atoms with E-state index < -0.39 is 23.1 Å². The lowest BCUT2D eigenvalue weighted by molar-refractivity contribution is 0.422. The number of piperidine rings is 1. The molecule has 0 spiro atoms. The highest BCUT2D eigenvalue weighted by atomic mass is 32.2. The van der Waals surface area contributed by atoms with Crippen LogP contribution in [0.2, 0.25) is 0 Å². The molecule has 3 heterocycles. The molecule has 0 bridgehead atoms. The van der Waals surface area contributed by atoms with Crippen LogP contribution >= 0.6 is 0 Å². The quantitative estimate of drug-likeness (QED) is 0.275. The molecule has 3 N–H and O–H groups in total. The molecule has 1 fully saturated rings. The number of nitrogens with zero attached hydrogens (tertiary/aromatic N) is 3. The molecule has 0 saturated carbocycles. The van der Waals surface area contributed by atoms with Gasteiger partial charge in [-0.25, -0.2) is 24.1 Å². The fraction of sp³-hybridized carbons (Fsp3) is 0.222. The van der Waals surface area contributed by atoms with Gasteiger partial charge in [-0.05, 0) is 49.2 Å². The molecule has 4 aromatic rings. The van der Waals surface area contributed by atoms with Crippen molar-refractivity contribution in [3.63, 3.8) is 0 Å². The summed E-state index contributed by atoms with van der Waals surface area (Å²) in [6.07, 6.45) is 5.30. The first-order valence-corrected chi connectivity index (χ1v) is 13.3. The second-order valence-corrected chi connectivity index (χ2v) is 9.47. The molecule has 0 amide bonds. The van der Waals surface area contributed by atoms with Gasteiger partial charge in [-0.3, -0.25) is 4.21 Å². The molecule has 11 heteroatoms. The summed E-state index contributed by atoms with van der Waals surface area (Å²) in [5, 5.41) is 6.71. The van der Waals surface area contributed by atoms with Crippen LogP contribution in [0.5, 0.6) is 11.6 Å². The first-order chi connectivity index (χ1) is 18.6. The minimum absolute atomic E-state index is 0.0949. The zero-order valence-corrected chi connectivity index (χ0v) is 21.2. The SMILES string of the molecule is O=S([O-])N[C@@H](c1ccccc1)c1cccc(Oc2ncccc2-c2ccnc(N[C@H]3CCCNC3)n2)c1F. The van der Waals surface area contributed by atoms with Gasteiger partial charge in [0.25, 0.3) is 0 Å². The van der Waals surface area contributed by atoms with Crippen molar-refractivity contribution in [3.05, 3.63) is 96.1 Å². The lowest BCUT2D eigenvalue weighted by atomic mass is 9.99. The van der Waals surface area contributed by atoms with E-state index in [1.165, 1.54) is 12.1 Å². The Morgan fingerprint density at radius 1 is 1.05 bits per heavy atom. The summed E-state index contributed by atoms with van der Waals surface area (Å²) in [5.41, 5.74) is 1.82. The highest BCUT2D eigenvalue weighted by Gasteiger charge is 2.22. The molecule has 3 atom stereocenters. The Kier molecular flexibility index (Phi) is 8.29. The van der Waals surface area contributed by atoms with Crippen molar-refractivity contribution in [1.82, 2.24) is 25.0 Å². The number of hydrogen-bond donors (Lipinski definition) is 3. The first kappa shape index (κ1) is 25.9. The topological polar surface area (TPSA) is 124 Å². The minimum Gasteiger partial charge on any atom is -0.760 e. The number of anilines is 1. The van der Waals surface area contributed by atoms with E-state index in [1.54, 1.807) is 67.0 Å². The molecule has 1 unspecified atom stereocenters. The van der Waals surface area contributed by atoms with Crippen molar-refractivity contribution in [2.45, 2.75) is 24.9 Å². The predicted molar refractivity (Wildman–Crippen MR) is 142 cm³/mol. The predicted octanol–water partition coefficient (Wildman–Crippen LogP) is 4.11. The standard InChI is InChI=1S/C27H27FN6O3S/c28-24-21(25(34-38(35)36)18-7-2-1-3-8-18)10-4-12-23(24)37-26-20(11-6-15-30-26)22-13-16-31-27(33-22)32-19-9-5-14-29-17-19/h1-4,6-8,10-13,15-16,19,25,29,34H,5,9,14,17H2,(H,35,36)(H,31,32,33)/p-1/t19-,25-/m0/s1. The van der Waals surface area contributed by atoms with Crippen LogP contribution in [0.3, 0.4) is 0 Å². The number of halogens is 1. The van der Waals surface area contributed by atoms with Gasteiger partial charge in [-0.15, -0.1) is 0 Å². The second kappa shape index (κ2) is 12.2. The molecule has 1 aliphatic rings. The van der Waals surface area contributed by atoms with Crippen LogP contribution in [0.4, 0.5) is 10.3 Å². The highest BCUT2D eigenvalue weighted by molar-refractivity contribution is 7.77. The fourth-order valence-electron chi connectivity index (χ4n) is 4.39. The molecule has 38 heavy (non-hydrogen) atoms. The Bertz CT molecular complexity index is 1400. The second-order valence-electron chi connectivity index (χ2n) is 8.77. The molecule has 196 valence electrons. The molecule has 1 aliphatic heterocycles. The third kappa shape index (κ3) is 6.20. The lowest BCUT2D eigenvalue weighted by Crippen LogP contribution is -2.38. The van der Waals surface area contributed by atoms with Gasteiger partial charge in [-0.2, -0.15) is 0 Å². The third-order valence-electron chi connectivity index (χ3n) is 6.19. The van der Waals surface area contributed by atoms with E-state index in [9.17, 15) is 8.76 Å². The van der Waals surface area contributed by atoms with Crippen LogP contribution in [-0.4, -0.2) is 42.8 Å². The number of aromatic nitrogens is 3. The summed E-state index contributed by atoms with van der Waals surface area (Å²) < 4.78 is 47.1. The number of hydrogen-bond acceptors (Lipinski definition) is 8. The Morgan fingerprint density at radius 2 is 1.92 bits per heavy atom. The van der Waals surface area contributed by atoms with Crippen molar-refractivity contribution in [2.75, 3.05) is 18.4 Å². The number of pyridine rings is 1. The fourth-order valence-corrected chi connectivity index (χ4v) is 4.84. The Hall–Kier alpha value is -3.77. The minimum atomic E-state index is -2.63. The molecule has 1 saturated heterocycles. The van der Waals surface area contributed by atoms with Crippen LogP contribution in [0.25, 0.3) is 11.3 Å². The van der Waals surface area contributed by atoms with E-state index in [4.69, 9.17) is 4.74 Å². The van der Waals surface area contributed by atoms with Crippen molar-refractivity contribution < 1.29 is 17.9 Å². The Morgan fingerprint density at radius 3 is 2.71 bits per heavy atom. The van der Waals surface area contributed by atoms with Crippen LogP contribution < -0.4 is 20.1 Å². The van der Waals surface area contributed by atoms with Crippen LogP contribution in [-0.2, 0) is 11.3 Å². The first-order valence-electron chi connectivity index (χ1n) is 12.2. The summed E-state index contributed by atoms with van der Waals surface area (Å²) in [4.78, 5) is 13.3. The van der Waals surface area contributed by atoms with Crippen LogP contribution in [0.1, 0.15) is 30.0 Å². The van der Waals surface area contributed by atoms with Crippen molar-refractivity contribution in [1.29, 1.82) is 0 Å². The summed E-state index contributed by atoms with van der Waals surface area (Å²) in [6, 6.07) is 17.9. The molecule has 0 radical (unpaired) electrons. The Labute approximate surface area is 222 Å². The van der Waals surface area contributed by atoms with Crippen LogP contribution in [0, 0.1) is 5.82 Å². The maximum absolute atomic E-state index is 15.8. The molecule has 2 aromatic carbocycles. The monoisotopic (exact) mass is 533 g/mol. The van der Waals surface area contributed by atoms with Gasteiger partial charge in [0.2, 0.25) is 11.8 Å². The summed E-state index contributed by atoms with van der Waals surface area (Å²) >= 11 is -2.63. The van der Waals surface area contributed by atoms with Crippen molar-refractivity contribution in [3.8, 4) is 22.9 Å². The van der Waals surface area contributed by atoms with E-state index in [0.717, 1.165) is 25.9 Å². The molecule has 5 rings (SSSR count). The molecular formula is C27H26FN6O3S-. The lowest BCUT2D eigenvalue weighted by Gasteiger charge is -2.23. The van der Waals surface area contributed by atoms with Crippen molar-refractivity contribution >= 4 is 17.2 Å². The van der Waals surface area contributed by atoms with E-state index in [2.05, 4.69) is 30.3 Å². The number of ether oxygens (including phenoxy) is 1. The molecule has 9 nitrogen and oxygen atoms in total. The van der Waals surface area contributed by atoms with E-state index in [0.29, 0.717) is 22.8 Å². The number of benzene rings is 2. The largest absolute Gasteiger partial charge is 0.760 e. The summed E-state index contributed by atoms with van der Waals surface area (Å²) in [6.45, 7) is 1.84. The van der Waals surface area contributed by atoms with Gasteiger partial charge in [0, 0.05) is 41.8 Å². The van der Waals surface area contributed by atoms with Gasteiger partial charge in [0.1, 0.15) is 0 Å². The molecule has 0 aliphatic carbocycles. The number of rotatable bonds is 9. The zero-order chi connectivity index (χ0) is 26.3. The average Bonchev–Trinajstić information content (AvgIpc) is 2.94.